The second-order valence-corrected chi connectivity index (χ2v) is 3.55. The van der Waals surface area contributed by atoms with Crippen molar-refractivity contribution in [2.24, 2.45) is 0 Å². The van der Waals surface area contributed by atoms with Crippen LogP contribution in [0.5, 0.6) is 0 Å². The number of nitrogens with one attached hydrogen (secondary N) is 1. The number of benzene rings is 1. The van der Waals surface area contributed by atoms with Crippen LogP contribution >= 0.6 is 0 Å². The molecule has 0 radical (unpaired) electrons. The van der Waals surface area contributed by atoms with Gasteiger partial charge < -0.3 is 5.32 Å². The van der Waals surface area contributed by atoms with E-state index >= 15 is 0 Å². The zero-order valence-corrected chi connectivity index (χ0v) is 9.30. The minimum atomic E-state index is 0.948. The predicted molar refractivity (Wildman–Crippen MR) is 63.5 cm³/mol. The first-order chi connectivity index (χ1) is 6.74. The van der Waals surface area contributed by atoms with Crippen molar-refractivity contribution in [2.75, 3.05) is 13.1 Å². The summed E-state index contributed by atoms with van der Waals surface area (Å²) in [5, 5.41) is 3.26. The van der Waals surface area contributed by atoms with E-state index in [4.69, 9.17) is 0 Å². The topological polar surface area (TPSA) is 12.0 Å². The van der Waals surface area contributed by atoms with Gasteiger partial charge in [0.2, 0.25) is 0 Å². The van der Waals surface area contributed by atoms with Gasteiger partial charge in [-0.25, -0.2) is 0 Å². The second-order valence-electron chi connectivity index (χ2n) is 3.55. The Labute approximate surface area is 86.8 Å². The van der Waals surface area contributed by atoms with Gasteiger partial charge in [-0.2, -0.15) is 0 Å². The van der Waals surface area contributed by atoms with Crippen molar-refractivity contribution < 1.29 is 0 Å². The summed E-state index contributed by atoms with van der Waals surface area (Å²) in [6, 6.07) is 6.55. The lowest BCUT2D eigenvalue weighted by molar-refractivity contribution is 0.801. The average molecular weight is 189 g/mol. The zero-order chi connectivity index (χ0) is 10.4. The first kappa shape index (κ1) is 11.0. The Morgan fingerprint density at radius 3 is 2.64 bits per heavy atom. The molecule has 0 spiro atoms. The molecule has 0 atom stereocenters. The summed E-state index contributed by atoms with van der Waals surface area (Å²) in [5.74, 6) is 0. The SMILES string of the molecule is CCNCC=Cc1ccc(C)c(C)c1. The van der Waals surface area contributed by atoms with E-state index in [2.05, 4.69) is 56.4 Å². The van der Waals surface area contributed by atoms with Gasteiger partial charge >= 0.3 is 0 Å². The van der Waals surface area contributed by atoms with Gasteiger partial charge in [-0.05, 0) is 37.1 Å². The van der Waals surface area contributed by atoms with Gasteiger partial charge in [0.05, 0.1) is 0 Å². The van der Waals surface area contributed by atoms with Crippen LogP contribution in [-0.4, -0.2) is 13.1 Å². The monoisotopic (exact) mass is 189 g/mol. The van der Waals surface area contributed by atoms with Crippen LogP contribution in [0.25, 0.3) is 6.08 Å². The minimum Gasteiger partial charge on any atom is -0.314 e. The largest absolute Gasteiger partial charge is 0.314 e. The first-order valence-corrected chi connectivity index (χ1v) is 5.18. The first-order valence-electron chi connectivity index (χ1n) is 5.18. The Morgan fingerprint density at radius 1 is 1.21 bits per heavy atom. The molecule has 0 aliphatic heterocycles. The van der Waals surface area contributed by atoms with Gasteiger partial charge in [-0.3, -0.25) is 0 Å². The molecule has 1 heteroatoms. The lowest BCUT2D eigenvalue weighted by Gasteiger charge is -2.00. The highest BCUT2D eigenvalue weighted by molar-refractivity contribution is 5.51. The Kier molecular flexibility index (Phi) is 4.41. The van der Waals surface area contributed by atoms with Crippen LogP contribution < -0.4 is 5.32 Å². The van der Waals surface area contributed by atoms with Crippen LogP contribution in [0, 0.1) is 13.8 Å². The predicted octanol–water partition coefficient (Wildman–Crippen LogP) is 2.93. The Balaban J connectivity index is 2.59. The van der Waals surface area contributed by atoms with E-state index in [9.17, 15) is 0 Å². The molecule has 0 aliphatic rings. The van der Waals surface area contributed by atoms with Crippen molar-refractivity contribution in [3.05, 3.63) is 41.0 Å². The fraction of sp³-hybridized carbons (Fsp3) is 0.385. The molecule has 0 amide bonds. The van der Waals surface area contributed by atoms with E-state index in [0.717, 1.165) is 13.1 Å². The molecular weight excluding hydrogens is 170 g/mol. The lowest BCUT2D eigenvalue weighted by Crippen LogP contribution is -2.11. The highest BCUT2D eigenvalue weighted by Crippen LogP contribution is 2.10. The summed E-state index contributed by atoms with van der Waals surface area (Å²) >= 11 is 0. The molecule has 0 aliphatic carbocycles. The summed E-state index contributed by atoms with van der Waals surface area (Å²) < 4.78 is 0. The second kappa shape index (κ2) is 5.61. The van der Waals surface area contributed by atoms with Gasteiger partial charge in [0.15, 0.2) is 0 Å². The molecule has 1 rings (SSSR count). The van der Waals surface area contributed by atoms with E-state index in [1.165, 1.54) is 16.7 Å². The third kappa shape index (κ3) is 3.35. The number of aryl methyl sites for hydroxylation is 2. The van der Waals surface area contributed by atoms with Crippen LogP contribution in [0.2, 0.25) is 0 Å². The van der Waals surface area contributed by atoms with Crippen molar-refractivity contribution >= 4 is 6.08 Å². The molecule has 0 heterocycles. The molecule has 0 unspecified atom stereocenters. The summed E-state index contributed by atoms with van der Waals surface area (Å²) in [7, 11) is 0. The van der Waals surface area contributed by atoms with Gasteiger partial charge in [0, 0.05) is 6.54 Å². The number of hydrogen-bond donors (Lipinski definition) is 1. The summed E-state index contributed by atoms with van der Waals surface area (Å²) in [5.41, 5.74) is 4.00. The van der Waals surface area contributed by atoms with Crippen molar-refractivity contribution in [1.82, 2.24) is 5.32 Å². The number of rotatable bonds is 4. The number of likely N-dealkylation sites (N-methyl/N-ethyl adjacent to an activating group) is 1. The van der Waals surface area contributed by atoms with E-state index in [0.29, 0.717) is 0 Å². The van der Waals surface area contributed by atoms with E-state index < -0.39 is 0 Å². The van der Waals surface area contributed by atoms with E-state index in [1.54, 1.807) is 0 Å². The molecule has 76 valence electrons. The zero-order valence-electron chi connectivity index (χ0n) is 9.30. The van der Waals surface area contributed by atoms with Crippen molar-refractivity contribution in [2.45, 2.75) is 20.8 Å². The molecule has 0 bridgehead atoms. The van der Waals surface area contributed by atoms with Gasteiger partial charge in [-0.1, -0.05) is 37.3 Å². The van der Waals surface area contributed by atoms with Crippen molar-refractivity contribution in [1.29, 1.82) is 0 Å². The van der Waals surface area contributed by atoms with Crippen LogP contribution in [0.3, 0.4) is 0 Å². The summed E-state index contributed by atoms with van der Waals surface area (Å²) in [4.78, 5) is 0. The van der Waals surface area contributed by atoms with Gasteiger partial charge in [-0.15, -0.1) is 0 Å². The fourth-order valence-corrected chi connectivity index (χ4v) is 1.29. The molecule has 1 N–H and O–H groups in total. The van der Waals surface area contributed by atoms with Crippen LogP contribution in [0.1, 0.15) is 23.6 Å². The van der Waals surface area contributed by atoms with Crippen LogP contribution in [0.15, 0.2) is 24.3 Å². The normalized spacial score (nSPS) is 11.1. The molecular formula is C13H19N. The maximum absolute atomic E-state index is 3.26. The van der Waals surface area contributed by atoms with E-state index in [1.807, 2.05) is 0 Å². The van der Waals surface area contributed by atoms with Gasteiger partial charge in [0.1, 0.15) is 0 Å². The maximum Gasteiger partial charge on any atom is 0.0138 e. The maximum atomic E-state index is 3.26. The molecule has 14 heavy (non-hydrogen) atoms. The molecule has 1 nitrogen and oxygen atoms in total. The van der Waals surface area contributed by atoms with E-state index in [-0.39, 0.29) is 0 Å². The Bertz CT molecular complexity index is 313. The standard InChI is InChI=1S/C13H19N/c1-4-14-9-5-6-13-8-7-11(2)12(3)10-13/h5-8,10,14H,4,9H2,1-3H3. The summed E-state index contributed by atoms with van der Waals surface area (Å²) in [6.07, 6.45) is 4.32. The molecule has 0 fully saturated rings. The summed E-state index contributed by atoms with van der Waals surface area (Å²) in [6.45, 7) is 8.38. The molecule has 0 saturated carbocycles. The fourth-order valence-electron chi connectivity index (χ4n) is 1.29. The smallest absolute Gasteiger partial charge is 0.0138 e. The molecule has 0 aromatic heterocycles. The van der Waals surface area contributed by atoms with Crippen molar-refractivity contribution in [3.8, 4) is 0 Å². The highest BCUT2D eigenvalue weighted by Gasteiger charge is 1.91. The van der Waals surface area contributed by atoms with Crippen molar-refractivity contribution in [3.63, 3.8) is 0 Å². The van der Waals surface area contributed by atoms with Crippen LogP contribution in [0.4, 0.5) is 0 Å². The molecule has 1 aromatic rings. The van der Waals surface area contributed by atoms with Crippen LogP contribution in [-0.2, 0) is 0 Å². The Hall–Kier alpha value is -1.08. The van der Waals surface area contributed by atoms with Gasteiger partial charge in [0.25, 0.3) is 0 Å². The molecule has 1 aromatic carbocycles. The third-order valence-electron chi connectivity index (χ3n) is 2.35. The number of hydrogen-bond acceptors (Lipinski definition) is 1. The highest BCUT2D eigenvalue weighted by atomic mass is 14.8. The quantitative estimate of drug-likeness (QED) is 0.718. The third-order valence-corrected chi connectivity index (χ3v) is 2.35. The minimum absolute atomic E-state index is 0.948. The lowest BCUT2D eigenvalue weighted by atomic mass is 10.1. The Morgan fingerprint density at radius 2 is 2.00 bits per heavy atom. The molecule has 0 saturated heterocycles. The average Bonchev–Trinajstić information content (AvgIpc) is 2.18.